The van der Waals surface area contributed by atoms with E-state index in [4.69, 9.17) is 4.74 Å². The Balaban J connectivity index is 1.98. The maximum Gasteiger partial charge on any atom is 0.311 e. The summed E-state index contributed by atoms with van der Waals surface area (Å²) in [5.41, 5.74) is -0.0380. The van der Waals surface area contributed by atoms with Crippen molar-refractivity contribution in [2.45, 2.75) is 39.8 Å². The van der Waals surface area contributed by atoms with Gasteiger partial charge in [0.25, 0.3) is 11.8 Å². The normalized spacial score (nSPS) is 11.1. The van der Waals surface area contributed by atoms with Gasteiger partial charge >= 0.3 is 5.69 Å². The van der Waals surface area contributed by atoms with Gasteiger partial charge in [0, 0.05) is 42.2 Å². The molecule has 0 aliphatic rings. The zero-order valence-electron chi connectivity index (χ0n) is 18.2. The molecule has 2 aromatic rings. The predicted octanol–water partition coefficient (Wildman–Crippen LogP) is 3.16. The molecule has 0 radical (unpaired) electrons. The van der Waals surface area contributed by atoms with E-state index in [0.29, 0.717) is 25.2 Å². The van der Waals surface area contributed by atoms with Crippen LogP contribution < -0.4 is 15.4 Å². The Morgan fingerprint density at radius 1 is 1.23 bits per heavy atom. The minimum atomic E-state index is -0.624. The van der Waals surface area contributed by atoms with Crippen molar-refractivity contribution >= 4 is 34.0 Å². The first-order chi connectivity index (χ1) is 14.6. The summed E-state index contributed by atoms with van der Waals surface area (Å²) in [4.78, 5) is 41.7. The van der Waals surface area contributed by atoms with Crippen molar-refractivity contribution in [2.24, 2.45) is 0 Å². The number of hydrogen-bond donors (Lipinski definition) is 2. The molecule has 0 saturated carbocycles. The van der Waals surface area contributed by atoms with Crippen molar-refractivity contribution < 1.29 is 19.2 Å². The highest BCUT2D eigenvalue weighted by atomic mass is 32.1. The van der Waals surface area contributed by atoms with Crippen LogP contribution in [-0.2, 0) is 0 Å². The van der Waals surface area contributed by atoms with E-state index in [1.165, 1.54) is 19.2 Å². The molecule has 0 fully saturated rings. The first-order valence-corrected chi connectivity index (χ1v) is 10.6. The van der Waals surface area contributed by atoms with Gasteiger partial charge in [-0.05, 0) is 39.8 Å². The second-order valence-corrected chi connectivity index (χ2v) is 8.18. The highest BCUT2D eigenvalue weighted by Crippen LogP contribution is 2.28. The first-order valence-electron chi connectivity index (χ1n) is 9.77. The van der Waals surface area contributed by atoms with E-state index in [9.17, 15) is 19.7 Å². The number of ether oxygens (including phenoxy) is 1. The highest BCUT2D eigenvalue weighted by Gasteiger charge is 2.20. The fourth-order valence-electron chi connectivity index (χ4n) is 3.08. The molecule has 0 aliphatic carbocycles. The van der Waals surface area contributed by atoms with Gasteiger partial charge in [0.15, 0.2) is 10.9 Å². The summed E-state index contributed by atoms with van der Waals surface area (Å²) in [7, 11) is 1.31. The average molecular weight is 450 g/mol. The van der Waals surface area contributed by atoms with Crippen LogP contribution in [0.2, 0.25) is 0 Å². The fraction of sp³-hybridized carbons (Fsp3) is 0.450. The fourth-order valence-corrected chi connectivity index (χ4v) is 3.77. The van der Waals surface area contributed by atoms with E-state index in [1.807, 2.05) is 0 Å². The molecule has 0 bridgehead atoms. The van der Waals surface area contributed by atoms with Crippen molar-refractivity contribution in [3.8, 4) is 5.75 Å². The van der Waals surface area contributed by atoms with Gasteiger partial charge in [-0.25, -0.2) is 4.98 Å². The Labute approximate surface area is 184 Å². The molecule has 0 aliphatic heterocycles. The summed E-state index contributed by atoms with van der Waals surface area (Å²) in [5, 5.41) is 18.3. The van der Waals surface area contributed by atoms with Crippen LogP contribution in [0.25, 0.3) is 0 Å². The lowest BCUT2D eigenvalue weighted by Gasteiger charge is -2.30. The van der Waals surface area contributed by atoms with E-state index >= 15 is 0 Å². The van der Waals surface area contributed by atoms with Gasteiger partial charge in [-0.15, -0.1) is 11.3 Å². The van der Waals surface area contributed by atoms with Crippen molar-refractivity contribution in [1.82, 2.24) is 15.2 Å². The molecule has 1 aromatic heterocycles. The van der Waals surface area contributed by atoms with Gasteiger partial charge in [-0.3, -0.25) is 29.9 Å². The maximum atomic E-state index is 12.4. The Kier molecular flexibility index (Phi) is 8.46. The van der Waals surface area contributed by atoms with Crippen LogP contribution in [0.1, 0.15) is 48.5 Å². The third kappa shape index (κ3) is 6.46. The lowest BCUT2D eigenvalue weighted by atomic mass is 10.2. The molecule has 11 heteroatoms. The standard InChI is InChI=1S/C20H27N5O5S/c1-12(2)24(13(3)4)9-8-21-19(27)15-11-31-20(22-15)23-18(26)14-6-7-17(30-5)16(10-14)25(28)29/h6-7,10-13H,8-9H2,1-5H3,(H,21,27)(H,22,23,26). The minimum Gasteiger partial charge on any atom is -0.490 e. The number of amides is 2. The van der Waals surface area contributed by atoms with Gasteiger partial charge in [0.05, 0.1) is 12.0 Å². The van der Waals surface area contributed by atoms with Crippen LogP contribution >= 0.6 is 11.3 Å². The molecule has 2 amide bonds. The Morgan fingerprint density at radius 2 is 1.90 bits per heavy atom. The number of nitrogens with zero attached hydrogens (tertiary/aromatic N) is 3. The molecule has 10 nitrogen and oxygen atoms in total. The maximum absolute atomic E-state index is 12.4. The first kappa shape index (κ1) is 24.2. The Bertz CT molecular complexity index is 936. The second-order valence-electron chi connectivity index (χ2n) is 7.32. The Hall–Kier alpha value is -3.05. The molecule has 1 aromatic carbocycles. The van der Waals surface area contributed by atoms with E-state index < -0.39 is 10.8 Å². The number of rotatable bonds is 10. The molecular formula is C20H27N5O5S. The number of nitro benzene ring substituents is 1. The van der Waals surface area contributed by atoms with E-state index in [1.54, 1.807) is 5.38 Å². The third-order valence-electron chi connectivity index (χ3n) is 4.58. The zero-order valence-corrected chi connectivity index (χ0v) is 19.0. The van der Waals surface area contributed by atoms with Crippen LogP contribution in [0.15, 0.2) is 23.6 Å². The van der Waals surface area contributed by atoms with E-state index in [-0.39, 0.29) is 33.7 Å². The van der Waals surface area contributed by atoms with E-state index in [2.05, 4.69) is 48.2 Å². The van der Waals surface area contributed by atoms with Gasteiger partial charge in [0.1, 0.15) is 5.69 Å². The van der Waals surface area contributed by atoms with Crippen molar-refractivity contribution in [2.75, 3.05) is 25.5 Å². The molecular weight excluding hydrogens is 422 g/mol. The van der Waals surface area contributed by atoms with Crippen LogP contribution in [0.3, 0.4) is 0 Å². The summed E-state index contributed by atoms with van der Waals surface area (Å²) < 4.78 is 4.93. The quantitative estimate of drug-likeness (QED) is 0.421. The predicted molar refractivity (Wildman–Crippen MR) is 119 cm³/mol. The number of hydrogen-bond acceptors (Lipinski definition) is 8. The number of carbonyl (C=O) groups is 2. The van der Waals surface area contributed by atoms with Gasteiger partial charge in [-0.2, -0.15) is 0 Å². The van der Waals surface area contributed by atoms with Gasteiger partial charge in [0.2, 0.25) is 0 Å². The average Bonchev–Trinajstić information content (AvgIpc) is 3.18. The van der Waals surface area contributed by atoms with Gasteiger partial charge in [-0.1, -0.05) is 0 Å². The van der Waals surface area contributed by atoms with Crippen LogP contribution in [0.5, 0.6) is 5.75 Å². The second kappa shape index (κ2) is 10.8. The lowest BCUT2D eigenvalue weighted by Crippen LogP contribution is -2.42. The van der Waals surface area contributed by atoms with E-state index in [0.717, 1.165) is 17.4 Å². The number of thiazole rings is 1. The smallest absolute Gasteiger partial charge is 0.311 e. The number of benzene rings is 1. The highest BCUT2D eigenvalue weighted by molar-refractivity contribution is 7.14. The molecule has 0 saturated heterocycles. The number of nitrogens with one attached hydrogen (secondary N) is 2. The summed E-state index contributed by atoms with van der Waals surface area (Å²) in [6.45, 7) is 9.61. The lowest BCUT2D eigenvalue weighted by molar-refractivity contribution is -0.385. The monoisotopic (exact) mass is 449 g/mol. The summed E-state index contributed by atoms with van der Waals surface area (Å²) in [6, 6.07) is 4.63. The van der Waals surface area contributed by atoms with Crippen LogP contribution in [0.4, 0.5) is 10.8 Å². The number of methoxy groups -OCH3 is 1. The summed E-state index contributed by atoms with van der Waals surface area (Å²) in [6.07, 6.45) is 0. The SMILES string of the molecule is COc1ccc(C(=O)Nc2nc(C(=O)NCCN(C(C)C)C(C)C)cs2)cc1[N+](=O)[O-]. The molecule has 0 atom stereocenters. The molecule has 168 valence electrons. The van der Waals surface area contributed by atoms with Crippen LogP contribution in [-0.4, -0.2) is 58.9 Å². The molecule has 1 heterocycles. The molecule has 0 spiro atoms. The largest absolute Gasteiger partial charge is 0.490 e. The molecule has 2 N–H and O–H groups in total. The zero-order chi connectivity index (χ0) is 23.1. The molecule has 31 heavy (non-hydrogen) atoms. The number of nitro groups is 1. The van der Waals surface area contributed by atoms with Crippen molar-refractivity contribution in [1.29, 1.82) is 0 Å². The van der Waals surface area contributed by atoms with Gasteiger partial charge < -0.3 is 10.1 Å². The summed E-state index contributed by atoms with van der Waals surface area (Å²) >= 11 is 1.10. The summed E-state index contributed by atoms with van der Waals surface area (Å²) in [5.74, 6) is -0.843. The molecule has 2 rings (SSSR count). The topological polar surface area (TPSA) is 127 Å². The third-order valence-corrected chi connectivity index (χ3v) is 5.33. The number of carbonyl (C=O) groups excluding carboxylic acids is 2. The number of aromatic nitrogens is 1. The Morgan fingerprint density at radius 3 is 2.48 bits per heavy atom. The van der Waals surface area contributed by atoms with Crippen LogP contribution in [0, 0.1) is 10.1 Å². The number of anilines is 1. The van der Waals surface area contributed by atoms with Crippen molar-refractivity contribution in [3.63, 3.8) is 0 Å². The van der Waals surface area contributed by atoms with Crippen molar-refractivity contribution in [3.05, 3.63) is 45.0 Å². The molecule has 0 unspecified atom stereocenters. The minimum absolute atomic E-state index is 0.0586.